The van der Waals surface area contributed by atoms with E-state index in [0.717, 1.165) is 25.0 Å². The Morgan fingerprint density at radius 1 is 1.41 bits per heavy atom. The van der Waals surface area contributed by atoms with Gasteiger partial charge in [0.1, 0.15) is 5.82 Å². The van der Waals surface area contributed by atoms with Gasteiger partial charge in [-0.05, 0) is 25.0 Å². The largest absolute Gasteiger partial charge is 0.476 e. The lowest BCUT2D eigenvalue weighted by Crippen LogP contribution is -2.16. The van der Waals surface area contributed by atoms with E-state index in [0.29, 0.717) is 0 Å². The normalized spacial score (nSPS) is 15.7. The lowest BCUT2D eigenvalue weighted by Gasteiger charge is -2.11. The number of anilines is 1. The maximum absolute atomic E-state index is 12.5. The lowest BCUT2D eigenvalue weighted by atomic mass is 10.2. The van der Waals surface area contributed by atoms with Crippen molar-refractivity contribution in [1.29, 1.82) is 0 Å². The van der Waals surface area contributed by atoms with Crippen molar-refractivity contribution in [2.45, 2.75) is 25.1 Å². The molecule has 7 heteroatoms. The van der Waals surface area contributed by atoms with Crippen LogP contribution in [0, 0.1) is 0 Å². The molecule has 1 heterocycles. The van der Waals surface area contributed by atoms with Crippen LogP contribution in [0.5, 0.6) is 0 Å². The molecule has 1 aliphatic rings. The summed E-state index contributed by atoms with van der Waals surface area (Å²) in [6.07, 6.45) is -2.87. The van der Waals surface area contributed by atoms with Crippen molar-refractivity contribution in [2.24, 2.45) is 0 Å². The molecule has 2 rings (SSSR count). The Morgan fingerprint density at radius 2 is 2.06 bits per heavy atom. The number of hydrogen-bond donors (Lipinski definition) is 2. The number of pyridine rings is 1. The fourth-order valence-corrected chi connectivity index (χ4v) is 1.37. The molecule has 92 valence electrons. The highest BCUT2D eigenvalue weighted by Crippen LogP contribution is 2.32. The van der Waals surface area contributed by atoms with E-state index >= 15 is 0 Å². The molecule has 1 aliphatic carbocycles. The minimum absolute atomic E-state index is 0.165. The minimum Gasteiger partial charge on any atom is -0.476 e. The van der Waals surface area contributed by atoms with E-state index < -0.39 is 23.4 Å². The number of nitrogens with one attached hydrogen (secondary N) is 1. The van der Waals surface area contributed by atoms with E-state index in [9.17, 15) is 18.0 Å². The van der Waals surface area contributed by atoms with Crippen molar-refractivity contribution in [3.8, 4) is 0 Å². The second-order valence-electron chi connectivity index (χ2n) is 3.81. The quantitative estimate of drug-likeness (QED) is 0.859. The van der Waals surface area contributed by atoms with Crippen molar-refractivity contribution in [3.63, 3.8) is 0 Å². The molecule has 1 fully saturated rings. The Kier molecular flexibility index (Phi) is 2.68. The number of carbonyl (C=O) groups is 1. The van der Waals surface area contributed by atoms with Crippen LogP contribution in [-0.2, 0) is 6.18 Å². The third-order valence-electron chi connectivity index (χ3n) is 2.33. The predicted octanol–water partition coefficient (Wildman–Crippen LogP) is 2.37. The van der Waals surface area contributed by atoms with Gasteiger partial charge in [0, 0.05) is 6.04 Å². The predicted molar refractivity (Wildman–Crippen MR) is 52.8 cm³/mol. The summed E-state index contributed by atoms with van der Waals surface area (Å²) in [5, 5.41) is 11.6. The van der Waals surface area contributed by atoms with Crippen molar-refractivity contribution < 1.29 is 23.1 Å². The van der Waals surface area contributed by atoms with Gasteiger partial charge in [-0.25, -0.2) is 9.78 Å². The number of alkyl halides is 3. The third-order valence-corrected chi connectivity index (χ3v) is 2.33. The number of carboxylic acids is 1. The molecule has 0 amide bonds. The highest BCUT2D eigenvalue weighted by molar-refractivity contribution is 5.87. The SMILES string of the molecule is O=C(O)c1nc(NC2CC2)ccc1C(F)(F)F. The topological polar surface area (TPSA) is 62.2 Å². The maximum Gasteiger partial charge on any atom is 0.418 e. The number of rotatable bonds is 3. The van der Waals surface area contributed by atoms with Crippen LogP contribution in [-0.4, -0.2) is 22.1 Å². The number of carboxylic acid groups (broad SMARTS) is 1. The van der Waals surface area contributed by atoms with E-state index in [4.69, 9.17) is 5.11 Å². The Labute approximate surface area is 94.5 Å². The first kappa shape index (κ1) is 11.7. The zero-order valence-electron chi connectivity index (χ0n) is 8.58. The van der Waals surface area contributed by atoms with Crippen LogP contribution in [0.2, 0.25) is 0 Å². The minimum atomic E-state index is -4.71. The molecule has 17 heavy (non-hydrogen) atoms. The van der Waals surface area contributed by atoms with Crippen LogP contribution in [0.1, 0.15) is 28.9 Å². The molecule has 0 aromatic carbocycles. The maximum atomic E-state index is 12.5. The highest BCUT2D eigenvalue weighted by atomic mass is 19.4. The van der Waals surface area contributed by atoms with E-state index in [1.165, 1.54) is 0 Å². The molecule has 0 aliphatic heterocycles. The molecule has 0 saturated heterocycles. The first-order chi connectivity index (χ1) is 7.88. The number of halogens is 3. The standard InChI is InChI=1S/C10H9F3N2O2/c11-10(12,13)6-3-4-7(14-5-1-2-5)15-8(6)9(16)17/h3-5H,1-2H2,(H,14,15)(H,16,17). The molecule has 1 saturated carbocycles. The smallest absolute Gasteiger partial charge is 0.418 e. The highest BCUT2D eigenvalue weighted by Gasteiger charge is 2.36. The van der Waals surface area contributed by atoms with Crippen LogP contribution in [0.25, 0.3) is 0 Å². The second kappa shape index (κ2) is 3.90. The number of aromatic nitrogens is 1. The van der Waals surface area contributed by atoms with Gasteiger partial charge in [-0.15, -0.1) is 0 Å². The summed E-state index contributed by atoms with van der Waals surface area (Å²) < 4.78 is 37.5. The molecular weight excluding hydrogens is 237 g/mol. The van der Waals surface area contributed by atoms with E-state index in [1.807, 2.05) is 0 Å². The van der Waals surface area contributed by atoms with Crippen LogP contribution in [0.4, 0.5) is 19.0 Å². The molecule has 1 aromatic heterocycles. The number of aromatic carboxylic acids is 1. The number of hydrogen-bond acceptors (Lipinski definition) is 3. The van der Waals surface area contributed by atoms with E-state index in [-0.39, 0.29) is 11.9 Å². The zero-order chi connectivity index (χ0) is 12.6. The summed E-state index contributed by atoms with van der Waals surface area (Å²) in [5.74, 6) is -1.52. The van der Waals surface area contributed by atoms with Crippen LogP contribution in [0.15, 0.2) is 12.1 Å². The average Bonchev–Trinajstić information content (AvgIpc) is 2.99. The van der Waals surface area contributed by atoms with Crippen molar-refractivity contribution >= 4 is 11.8 Å². The summed E-state index contributed by atoms with van der Waals surface area (Å²) in [5.41, 5.74) is -2.20. The van der Waals surface area contributed by atoms with Gasteiger partial charge in [-0.3, -0.25) is 0 Å². The van der Waals surface area contributed by atoms with Crippen LogP contribution < -0.4 is 5.32 Å². The van der Waals surface area contributed by atoms with Gasteiger partial charge in [0.25, 0.3) is 0 Å². The third kappa shape index (κ3) is 2.66. The van der Waals surface area contributed by atoms with E-state index in [2.05, 4.69) is 10.3 Å². The summed E-state index contributed by atoms with van der Waals surface area (Å²) in [7, 11) is 0. The monoisotopic (exact) mass is 246 g/mol. The fraction of sp³-hybridized carbons (Fsp3) is 0.400. The average molecular weight is 246 g/mol. The molecule has 4 nitrogen and oxygen atoms in total. The molecule has 1 aromatic rings. The summed E-state index contributed by atoms with van der Waals surface area (Å²) >= 11 is 0. The Bertz CT molecular complexity index is 455. The van der Waals surface area contributed by atoms with Crippen LogP contribution in [0.3, 0.4) is 0 Å². The molecule has 0 unspecified atom stereocenters. The molecule has 0 atom stereocenters. The first-order valence-electron chi connectivity index (χ1n) is 4.96. The molecule has 2 N–H and O–H groups in total. The Morgan fingerprint density at radius 3 is 2.53 bits per heavy atom. The fourth-order valence-electron chi connectivity index (χ4n) is 1.37. The lowest BCUT2D eigenvalue weighted by molar-refractivity contribution is -0.138. The zero-order valence-corrected chi connectivity index (χ0v) is 8.58. The summed E-state index contributed by atoms with van der Waals surface area (Å²) in [6.45, 7) is 0. The Balaban J connectivity index is 2.36. The van der Waals surface area contributed by atoms with Gasteiger partial charge in [0.15, 0.2) is 5.69 Å². The van der Waals surface area contributed by atoms with Crippen molar-refractivity contribution in [3.05, 3.63) is 23.4 Å². The van der Waals surface area contributed by atoms with Crippen LogP contribution >= 0.6 is 0 Å². The summed E-state index contributed by atoms with van der Waals surface area (Å²) in [4.78, 5) is 14.2. The first-order valence-corrected chi connectivity index (χ1v) is 4.96. The van der Waals surface area contributed by atoms with Gasteiger partial charge in [-0.2, -0.15) is 13.2 Å². The van der Waals surface area contributed by atoms with Gasteiger partial charge in [-0.1, -0.05) is 0 Å². The molecule has 0 bridgehead atoms. The molecule has 0 spiro atoms. The number of nitrogens with zero attached hydrogens (tertiary/aromatic N) is 1. The van der Waals surface area contributed by atoms with E-state index in [1.54, 1.807) is 0 Å². The second-order valence-corrected chi connectivity index (χ2v) is 3.81. The van der Waals surface area contributed by atoms with Gasteiger partial charge < -0.3 is 10.4 Å². The van der Waals surface area contributed by atoms with Gasteiger partial charge >= 0.3 is 12.1 Å². The molecular formula is C10H9F3N2O2. The molecule has 0 radical (unpaired) electrons. The van der Waals surface area contributed by atoms with Crippen molar-refractivity contribution in [2.75, 3.05) is 5.32 Å². The van der Waals surface area contributed by atoms with Crippen molar-refractivity contribution in [1.82, 2.24) is 4.98 Å². The Hall–Kier alpha value is -1.79. The van der Waals surface area contributed by atoms with Gasteiger partial charge in [0.05, 0.1) is 5.56 Å². The van der Waals surface area contributed by atoms with Gasteiger partial charge in [0.2, 0.25) is 0 Å². The summed E-state index contributed by atoms with van der Waals surface area (Å²) in [6, 6.07) is 2.08.